The summed E-state index contributed by atoms with van der Waals surface area (Å²) in [5.74, 6) is 0.922. The lowest BCUT2D eigenvalue weighted by molar-refractivity contribution is -0.0642. The first-order valence-electron chi connectivity index (χ1n) is 14.8. The number of imidazole rings is 1. The lowest BCUT2D eigenvalue weighted by atomic mass is 10.1. The molecule has 0 aliphatic carbocycles. The average molecular weight is 618 g/mol. The minimum Gasteiger partial charge on any atom is -0.520 e. The maximum Gasteiger partial charge on any atom is 0.395 e. The van der Waals surface area contributed by atoms with Gasteiger partial charge in [-0.1, -0.05) is 55.4 Å². The standard InChI is InChI=1S/C28H47N7O5Si2/c1-17(2)41(18(3)4)38-21(14-34(9)10)23-24(39-42(40-41,19(5)6)20(7)8)25(36-13-11-12-29)28(37-23)35-16-33-22-26(30)31-15-32-27(22)35/h14-20,23-25,28H,11,13H2,1-10H3,(H2,30,31,32)/b21-14+/t23-,24-,25-,28-/m1/s1. The fraction of sp³-hybridized carbons (Fsp3) is 0.714. The molecule has 2 aromatic rings. The van der Waals surface area contributed by atoms with Gasteiger partial charge < -0.3 is 33.1 Å². The molecule has 2 N–H and O–H groups in total. The lowest BCUT2D eigenvalue weighted by Gasteiger charge is -2.51. The Labute approximate surface area is 251 Å². The number of rotatable bonds is 9. The van der Waals surface area contributed by atoms with Crippen LogP contribution in [-0.2, 0) is 22.4 Å². The number of nitriles is 1. The van der Waals surface area contributed by atoms with Gasteiger partial charge in [-0.05, 0) is 11.1 Å². The second kappa shape index (κ2) is 12.6. The summed E-state index contributed by atoms with van der Waals surface area (Å²) in [5.41, 5.74) is 7.64. The molecule has 2 aliphatic rings. The molecule has 0 spiro atoms. The molecule has 2 fully saturated rings. The molecule has 4 atom stereocenters. The normalized spacial score (nSPS) is 26.5. The average Bonchev–Trinajstić information content (AvgIpc) is 3.47. The first-order valence-corrected chi connectivity index (χ1v) is 18.7. The molecule has 14 heteroatoms. The number of hydrogen-bond acceptors (Lipinski definition) is 11. The largest absolute Gasteiger partial charge is 0.520 e. The van der Waals surface area contributed by atoms with E-state index in [4.69, 9.17) is 28.2 Å². The minimum absolute atomic E-state index is 0.117. The molecule has 0 bridgehead atoms. The molecule has 232 valence electrons. The molecule has 0 aromatic carbocycles. The maximum absolute atomic E-state index is 9.33. The van der Waals surface area contributed by atoms with Crippen molar-refractivity contribution < 1.29 is 22.4 Å². The smallest absolute Gasteiger partial charge is 0.395 e. The van der Waals surface area contributed by atoms with Crippen molar-refractivity contribution in [3.8, 4) is 6.07 Å². The van der Waals surface area contributed by atoms with E-state index in [0.29, 0.717) is 16.9 Å². The topological polar surface area (TPSA) is 143 Å². The molecule has 2 aliphatic heterocycles. The van der Waals surface area contributed by atoms with Crippen LogP contribution in [0.1, 0.15) is 68.0 Å². The number of nitrogens with two attached hydrogens (primary N) is 1. The highest BCUT2D eigenvalue weighted by molar-refractivity contribution is 6.84. The van der Waals surface area contributed by atoms with Crippen molar-refractivity contribution in [2.75, 3.05) is 26.4 Å². The number of nitrogen functional groups attached to an aromatic ring is 1. The number of nitrogens with zero attached hydrogens (tertiary/aromatic N) is 6. The van der Waals surface area contributed by atoms with E-state index in [9.17, 15) is 5.26 Å². The summed E-state index contributed by atoms with van der Waals surface area (Å²) in [6.07, 6.45) is 2.72. The fourth-order valence-corrected chi connectivity index (χ4v) is 17.1. The van der Waals surface area contributed by atoms with Gasteiger partial charge in [-0.25, -0.2) is 15.0 Å². The first-order chi connectivity index (χ1) is 19.8. The van der Waals surface area contributed by atoms with Crippen LogP contribution in [0.25, 0.3) is 11.2 Å². The van der Waals surface area contributed by atoms with Crippen LogP contribution in [0, 0.1) is 11.3 Å². The van der Waals surface area contributed by atoms with E-state index < -0.39 is 41.7 Å². The van der Waals surface area contributed by atoms with Crippen molar-refractivity contribution >= 4 is 34.1 Å². The molecule has 0 unspecified atom stereocenters. The third kappa shape index (κ3) is 5.70. The summed E-state index contributed by atoms with van der Waals surface area (Å²) in [6, 6.07) is 2.18. The second-order valence-corrected chi connectivity index (χ2v) is 21.4. The predicted octanol–water partition coefficient (Wildman–Crippen LogP) is 4.96. The zero-order chi connectivity index (χ0) is 31.0. The van der Waals surface area contributed by atoms with E-state index in [1.54, 1.807) is 6.33 Å². The van der Waals surface area contributed by atoms with Gasteiger partial charge in [0.25, 0.3) is 0 Å². The summed E-state index contributed by atoms with van der Waals surface area (Å²) in [5, 5.41) is 9.33. The zero-order valence-electron chi connectivity index (χ0n) is 26.6. The Balaban J connectivity index is 1.95. The summed E-state index contributed by atoms with van der Waals surface area (Å²) in [6.45, 7) is 17.7. The van der Waals surface area contributed by atoms with E-state index in [-0.39, 0.29) is 41.0 Å². The highest BCUT2D eigenvalue weighted by Gasteiger charge is 2.64. The maximum atomic E-state index is 9.33. The number of ether oxygens (including phenoxy) is 2. The molecule has 4 heterocycles. The van der Waals surface area contributed by atoms with Gasteiger partial charge in [0, 0.05) is 31.4 Å². The van der Waals surface area contributed by atoms with Crippen molar-refractivity contribution in [1.29, 1.82) is 5.26 Å². The van der Waals surface area contributed by atoms with Crippen molar-refractivity contribution in [2.45, 2.75) is 109 Å². The van der Waals surface area contributed by atoms with Gasteiger partial charge in [0.2, 0.25) is 0 Å². The number of aromatic nitrogens is 4. The third-order valence-corrected chi connectivity index (χ3v) is 18.4. The van der Waals surface area contributed by atoms with Crippen LogP contribution < -0.4 is 5.73 Å². The van der Waals surface area contributed by atoms with Crippen LogP contribution in [0.2, 0.25) is 22.2 Å². The van der Waals surface area contributed by atoms with Crippen LogP contribution in [0.5, 0.6) is 0 Å². The van der Waals surface area contributed by atoms with Crippen molar-refractivity contribution in [2.24, 2.45) is 0 Å². The Bertz CT molecular complexity index is 1290. The van der Waals surface area contributed by atoms with Gasteiger partial charge in [0.05, 0.1) is 25.4 Å². The lowest BCUT2D eigenvalue weighted by Crippen LogP contribution is -2.65. The molecule has 0 saturated carbocycles. The summed E-state index contributed by atoms with van der Waals surface area (Å²) >= 11 is 0. The Morgan fingerprint density at radius 1 is 1.05 bits per heavy atom. The van der Waals surface area contributed by atoms with E-state index in [0.717, 1.165) is 0 Å². The van der Waals surface area contributed by atoms with Gasteiger partial charge in [0.1, 0.15) is 35.9 Å². The monoisotopic (exact) mass is 617 g/mol. The Morgan fingerprint density at radius 3 is 2.26 bits per heavy atom. The van der Waals surface area contributed by atoms with Gasteiger partial charge in [-0.3, -0.25) is 4.57 Å². The Kier molecular flexibility index (Phi) is 9.70. The highest BCUT2D eigenvalue weighted by atomic mass is 28.5. The van der Waals surface area contributed by atoms with Crippen molar-refractivity contribution in [3.63, 3.8) is 0 Å². The van der Waals surface area contributed by atoms with Crippen LogP contribution >= 0.6 is 0 Å². The minimum atomic E-state index is -3.00. The predicted molar refractivity (Wildman–Crippen MR) is 164 cm³/mol. The molecule has 0 radical (unpaired) electrons. The van der Waals surface area contributed by atoms with Crippen LogP contribution in [-0.4, -0.2) is 80.6 Å². The fourth-order valence-electron chi connectivity index (χ4n) is 6.11. The Hall–Kier alpha value is -2.55. The summed E-state index contributed by atoms with van der Waals surface area (Å²) in [7, 11) is -2.03. The molecule has 42 heavy (non-hydrogen) atoms. The van der Waals surface area contributed by atoms with Gasteiger partial charge in [-0.2, -0.15) is 5.26 Å². The molecule has 2 saturated heterocycles. The molecular formula is C28H47N7O5Si2. The van der Waals surface area contributed by atoms with Crippen LogP contribution in [0.15, 0.2) is 24.6 Å². The molecule has 2 aromatic heterocycles. The van der Waals surface area contributed by atoms with Gasteiger partial charge >= 0.3 is 17.1 Å². The molecule has 12 nitrogen and oxygen atoms in total. The van der Waals surface area contributed by atoms with Gasteiger partial charge in [-0.15, -0.1) is 0 Å². The number of fused-ring (bicyclic) bond motifs is 2. The third-order valence-electron chi connectivity index (χ3n) is 8.18. The summed E-state index contributed by atoms with van der Waals surface area (Å²) < 4.78 is 37.3. The van der Waals surface area contributed by atoms with E-state index >= 15 is 0 Å². The van der Waals surface area contributed by atoms with Crippen LogP contribution in [0.4, 0.5) is 5.82 Å². The van der Waals surface area contributed by atoms with E-state index in [1.165, 1.54) is 6.33 Å². The molecular weight excluding hydrogens is 571 g/mol. The second-order valence-electron chi connectivity index (χ2n) is 12.6. The first kappa shape index (κ1) is 32.4. The summed E-state index contributed by atoms with van der Waals surface area (Å²) in [4.78, 5) is 15.0. The quantitative estimate of drug-likeness (QED) is 0.301. The van der Waals surface area contributed by atoms with E-state index in [1.807, 2.05) is 29.8 Å². The van der Waals surface area contributed by atoms with Crippen LogP contribution in [0.3, 0.4) is 0 Å². The highest BCUT2D eigenvalue weighted by Crippen LogP contribution is 2.51. The SMILES string of the molecule is CC(C)[Si]1(C(C)C)O/C(=C/N(C)C)[C@H]2O[C@@H](n3cnc4c(N)ncnc43)[C@H](OCCC#N)[C@@H]2O[Si](C(C)C)(C(C)C)O1. The number of hydrogen-bond donors (Lipinski definition) is 1. The molecule has 0 amide bonds. The molecule has 4 rings (SSSR count). The zero-order valence-corrected chi connectivity index (χ0v) is 28.6. The Morgan fingerprint density at radius 2 is 1.69 bits per heavy atom. The number of anilines is 1. The van der Waals surface area contributed by atoms with E-state index in [2.05, 4.69) is 76.4 Å². The van der Waals surface area contributed by atoms with Crippen molar-refractivity contribution in [1.82, 2.24) is 24.4 Å². The van der Waals surface area contributed by atoms with Gasteiger partial charge in [0.15, 0.2) is 17.7 Å². The van der Waals surface area contributed by atoms with Crippen molar-refractivity contribution in [3.05, 3.63) is 24.6 Å².